The van der Waals surface area contributed by atoms with E-state index >= 15 is 0 Å². The number of carbonyl (C=O) groups is 2. The van der Waals surface area contributed by atoms with Crippen LogP contribution in [0.3, 0.4) is 0 Å². The Bertz CT molecular complexity index is 1020. The molecule has 7 heteroatoms. The van der Waals surface area contributed by atoms with E-state index in [-0.39, 0.29) is 23.9 Å². The zero-order valence-corrected chi connectivity index (χ0v) is 15.6. The van der Waals surface area contributed by atoms with Crippen LogP contribution in [0, 0.1) is 6.92 Å². The maximum atomic E-state index is 12.5. The van der Waals surface area contributed by atoms with Gasteiger partial charge in [0, 0.05) is 11.6 Å². The standard InChI is InChI=1S/C20H17ClN2O4/c1-3-26-20(25)18-12(2)14-6-4-5-7-15(14)23-16(18)11-27-19(24)13-8-9-22-17(21)10-13/h4-10H,3,11H2,1-2H3. The van der Waals surface area contributed by atoms with Crippen LogP contribution < -0.4 is 0 Å². The minimum Gasteiger partial charge on any atom is -0.462 e. The molecule has 0 radical (unpaired) electrons. The molecule has 138 valence electrons. The number of fused-ring (bicyclic) bond motifs is 1. The smallest absolute Gasteiger partial charge is 0.340 e. The van der Waals surface area contributed by atoms with Crippen LogP contribution in [0.25, 0.3) is 10.9 Å². The molecule has 6 nitrogen and oxygen atoms in total. The van der Waals surface area contributed by atoms with Gasteiger partial charge >= 0.3 is 11.9 Å². The topological polar surface area (TPSA) is 78.4 Å². The number of nitrogens with zero attached hydrogens (tertiary/aromatic N) is 2. The number of carbonyl (C=O) groups excluding carboxylic acids is 2. The molecule has 0 saturated carbocycles. The van der Waals surface area contributed by atoms with Gasteiger partial charge < -0.3 is 9.47 Å². The lowest BCUT2D eigenvalue weighted by Crippen LogP contribution is -2.15. The van der Waals surface area contributed by atoms with Gasteiger partial charge in [-0.1, -0.05) is 29.8 Å². The van der Waals surface area contributed by atoms with E-state index in [1.807, 2.05) is 31.2 Å². The molecule has 0 fully saturated rings. The van der Waals surface area contributed by atoms with E-state index in [1.54, 1.807) is 6.92 Å². The number of benzene rings is 1. The third-order valence-corrected chi connectivity index (χ3v) is 4.22. The molecule has 3 aromatic rings. The molecule has 0 atom stereocenters. The highest BCUT2D eigenvalue weighted by molar-refractivity contribution is 6.29. The van der Waals surface area contributed by atoms with Gasteiger partial charge in [-0.05, 0) is 37.6 Å². The number of para-hydroxylation sites is 1. The van der Waals surface area contributed by atoms with Gasteiger partial charge in [0.2, 0.25) is 0 Å². The highest BCUT2D eigenvalue weighted by Gasteiger charge is 2.21. The number of ether oxygens (including phenoxy) is 2. The maximum absolute atomic E-state index is 12.5. The lowest BCUT2D eigenvalue weighted by atomic mass is 10.0. The Morgan fingerprint density at radius 3 is 2.63 bits per heavy atom. The zero-order chi connectivity index (χ0) is 19.4. The van der Waals surface area contributed by atoms with Crippen molar-refractivity contribution in [1.82, 2.24) is 9.97 Å². The summed E-state index contributed by atoms with van der Waals surface area (Å²) in [7, 11) is 0. The number of aromatic nitrogens is 2. The number of rotatable bonds is 5. The molecule has 0 spiro atoms. The van der Waals surface area contributed by atoms with E-state index in [0.29, 0.717) is 16.8 Å². The molecule has 0 saturated heterocycles. The van der Waals surface area contributed by atoms with Gasteiger partial charge in [-0.25, -0.2) is 19.6 Å². The van der Waals surface area contributed by atoms with Crippen LogP contribution in [0.2, 0.25) is 5.15 Å². The Labute approximate surface area is 161 Å². The second kappa shape index (κ2) is 8.14. The maximum Gasteiger partial charge on any atom is 0.340 e. The zero-order valence-electron chi connectivity index (χ0n) is 14.9. The Balaban J connectivity index is 1.95. The van der Waals surface area contributed by atoms with Crippen LogP contribution in [0.4, 0.5) is 0 Å². The SMILES string of the molecule is CCOC(=O)c1c(COC(=O)c2ccnc(Cl)c2)nc2ccccc2c1C. The minimum absolute atomic E-state index is 0.168. The molecule has 0 aliphatic rings. The van der Waals surface area contributed by atoms with Crippen LogP contribution in [0.5, 0.6) is 0 Å². The summed E-state index contributed by atoms with van der Waals surface area (Å²) in [6, 6.07) is 10.4. The van der Waals surface area contributed by atoms with E-state index in [9.17, 15) is 9.59 Å². The number of hydrogen-bond acceptors (Lipinski definition) is 6. The van der Waals surface area contributed by atoms with Crippen LogP contribution >= 0.6 is 11.6 Å². The first-order valence-electron chi connectivity index (χ1n) is 8.35. The predicted molar refractivity (Wildman–Crippen MR) is 101 cm³/mol. The largest absolute Gasteiger partial charge is 0.462 e. The van der Waals surface area contributed by atoms with E-state index in [1.165, 1.54) is 18.3 Å². The van der Waals surface area contributed by atoms with Crippen molar-refractivity contribution in [3.05, 3.63) is 70.1 Å². The molecule has 1 aromatic carbocycles. The third-order valence-electron chi connectivity index (χ3n) is 4.01. The van der Waals surface area contributed by atoms with Gasteiger partial charge in [0.15, 0.2) is 0 Å². The first kappa shape index (κ1) is 18.8. The Kier molecular flexibility index (Phi) is 5.66. The fourth-order valence-corrected chi connectivity index (χ4v) is 2.94. The molecular formula is C20H17ClN2O4. The van der Waals surface area contributed by atoms with E-state index in [2.05, 4.69) is 9.97 Å². The van der Waals surface area contributed by atoms with Gasteiger partial charge in [-0.2, -0.15) is 0 Å². The number of hydrogen-bond donors (Lipinski definition) is 0. The second-order valence-corrected chi connectivity index (χ2v) is 6.13. The Morgan fingerprint density at radius 2 is 1.89 bits per heavy atom. The van der Waals surface area contributed by atoms with Crippen molar-refractivity contribution < 1.29 is 19.1 Å². The summed E-state index contributed by atoms with van der Waals surface area (Å²) >= 11 is 5.80. The summed E-state index contributed by atoms with van der Waals surface area (Å²) in [6.07, 6.45) is 1.42. The van der Waals surface area contributed by atoms with Crippen molar-refractivity contribution >= 4 is 34.4 Å². The molecule has 0 unspecified atom stereocenters. The predicted octanol–water partition coefficient (Wildman–Crippen LogP) is 4.13. The summed E-state index contributed by atoms with van der Waals surface area (Å²) in [6.45, 7) is 3.62. The summed E-state index contributed by atoms with van der Waals surface area (Å²) in [5, 5.41) is 1.04. The first-order chi connectivity index (χ1) is 13.0. The van der Waals surface area contributed by atoms with Gasteiger partial charge in [-0.15, -0.1) is 0 Å². The van der Waals surface area contributed by atoms with Crippen LogP contribution in [-0.2, 0) is 16.1 Å². The van der Waals surface area contributed by atoms with Crippen LogP contribution in [0.15, 0.2) is 42.6 Å². The summed E-state index contributed by atoms with van der Waals surface area (Å²) in [5.41, 5.74) is 2.37. The number of halogens is 1. The summed E-state index contributed by atoms with van der Waals surface area (Å²) < 4.78 is 10.5. The Hall–Kier alpha value is -2.99. The van der Waals surface area contributed by atoms with Crippen molar-refractivity contribution in [1.29, 1.82) is 0 Å². The molecule has 0 amide bonds. The minimum atomic E-state index is -0.582. The summed E-state index contributed by atoms with van der Waals surface area (Å²) in [4.78, 5) is 33.1. The number of pyridine rings is 2. The molecule has 27 heavy (non-hydrogen) atoms. The van der Waals surface area contributed by atoms with E-state index in [4.69, 9.17) is 21.1 Å². The van der Waals surface area contributed by atoms with E-state index in [0.717, 1.165) is 10.9 Å². The normalized spacial score (nSPS) is 10.6. The van der Waals surface area contributed by atoms with Gasteiger partial charge in [0.25, 0.3) is 0 Å². The van der Waals surface area contributed by atoms with Crippen molar-refractivity contribution in [3.63, 3.8) is 0 Å². The van der Waals surface area contributed by atoms with Gasteiger partial charge in [0.05, 0.1) is 28.9 Å². The van der Waals surface area contributed by atoms with Gasteiger partial charge in [0.1, 0.15) is 11.8 Å². The molecular weight excluding hydrogens is 368 g/mol. The third kappa shape index (κ3) is 4.06. The summed E-state index contributed by atoms with van der Waals surface area (Å²) in [5.74, 6) is -1.08. The average molecular weight is 385 g/mol. The quantitative estimate of drug-likeness (QED) is 0.486. The second-order valence-electron chi connectivity index (χ2n) is 5.74. The van der Waals surface area contributed by atoms with Crippen LogP contribution in [-0.4, -0.2) is 28.5 Å². The first-order valence-corrected chi connectivity index (χ1v) is 8.73. The molecule has 0 bridgehead atoms. The lowest BCUT2D eigenvalue weighted by Gasteiger charge is -2.14. The highest BCUT2D eigenvalue weighted by atomic mass is 35.5. The van der Waals surface area contributed by atoms with Crippen molar-refractivity contribution in [3.8, 4) is 0 Å². The van der Waals surface area contributed by atoms with Gasteiger partial charge in [-0.3, -0.25) is 0 Å². The molecule has 3 rings (SSSR count). The number of esters is 2. The fraction of sp³-hybridized carbons (Fsp3) is 0.200. The molecule has 0 aliphatic heterocycles. The van der Waals surface area contributed by atoms with Crippen molar-refractivity contribution in [2.45, 2.75) is 20.5 Å². The molecule has 0 aliphatic carbocycles. The van der Waals surface area contributed by atoms with E-state index < -0.39 is 11.9 Å². The monoisotopic (exact) mass is 384 g/mol. The number of aryl methyl sites for hydroxylation is 1. The van der Waals surface area contributed by atoms with Crippen LogP contribution in [0.1, 0.15) is 38.9 Å². The molecule has 0 N–H and O–H groups in total. The van der Waals surface area contributed by atoms with Crippen molar-refractivity contribution in [2.75, 3.05) is 6.61 Å². The molecule has 2 aromatic heterocycles. The molecule has 2 heterocycles. The lowest BCUT2D eigenvalue weighted by molar-refractivity contribution is 0.0444. The highest BCUT2D eigenvalue weighted by Crippen LogP contribution is 2.24. The Morgan fingerprint density at radius 1 is 1.11 bits per heavy atom. The average Bonchev–Trinajstić information content (AvgIpc) is 2.66. The fourth-order valence-electron chi connectivity index (χ4n) is 2.77. The van der Waals surface area contributed by atoms with Crippen molar-refractivity contribution in [2.24, 2.45) is 0 Å².